The van der Waals surface area contributed by atoms with Crippen LogP contribution in [0.4, 0.5) is 0 Å². The molecule has 0 spiro atoms. The van der Waals surface area contributed by atoms with Gasteiger partial charge in [-0.15, -0.1) is 0 Å². The van der Waals surface area contributed by atoms with E-state index in [0.29, 0.717) is 23.7 Å². The second-order valence-electron chi connectivity index (χ2n) is 7.59. The number of fused-ring (bicyclic) bond motifs is 1. The van der Waals surface area contributed by atoms with Gasteiger partial charge >= 0.3 is 0 Å². The second-order valence-corrected chi connectivity index (χ2v) is 7.59. The van der Waals surface area contributed by atoms with Crippen LogP contribution in [0.25, 0.3) is 0 Å². The Morgan fingerprint density at radius 3 is 2.54 bits per heavy atom. The van der Waals surface area contributed by atoms with E-state index in [9.17, 15) is 10.2 Å². The molecule has 2 aliphatic carbocycles. The van der Waals surface area contributed by atoms with Crippen molar-refractivity contribution in [2.75, 3.05) is 34.9 Å². The Labute approximate surface area is 154 Å². The number of methoxy groups -OCH3 is 3. The first-order valence-electron chi connectivity index (χ1n) is 9.08. The van der Waals surface area contributed by atoms with Crippen molar-refractivity contribution < 1.29 is 24.4 Å². The number of rotatable bonds is 3. The summed E-state index contributed by atoms with van der Waals surface area (Å²) >= 11 is 0. The van der Waals surface area contributed by atoms with Crippen molar-refractivity contribution in [3.05, 3.63) is 34.8 Å². The minimum Gasteiger partial charge on any atom is -0.504 e. The molecule has 0 aromatic heterocycles. The number of aryl methyl sites for hydroxylation is 1. The van der Waals surface area contributed by atoms with Gasteiger partial charge in [0.05, 0.1) is 26.9 Å². The van der Waals surface area contributed by atoms with E-state index in [-0.39, 0.29) is 5.75 Å². The largest absolute Gasteiger partial charge is 0.504 e. The van der Waals surface area contributed by atoms with Crippen molar-refractivity contribution in [3.63, 3.8) is 0 Å². The van der Waals surface area contributed by atoms with Crippen LogP contribution in [-0.2, 0) is 21.3 Å². The van der Waals surface area contributed by atoms with Crippen LogP contribution in [0.2, 0.25) is 0 Å². The maximum Gasteiger partial charge on any atom is 0.163 e. The Morgan fingerprint density at radius 2 is 1.88 bits per heavy atom. The van der Waals surface area contributed by atoms with E-state index in [1.165, 1.54) is 0 Å². The fourth-order valence-electron chi connectivity index (χ4n) is 5.87. The van der Waals surface area contributed by atoms with E-state index in [1.54, 1.807) is 21.3 Å². The predicted octanol–water partition coefficient (Wildman–Crippen LogP) is 1.93. The average molecular weight is 361 g/mol. The van der Waals surface area contributed by atoms with Crippen LogP contribution in [0.3, 0.4) is 0 Å². The summed E-state index contributed by atoms with van der Waals surface area (Å²) in [7, 11) is 6.87. The smallest absolute Gasteiger partial charge is 0.163 e. The van der Waals surface area contributed by atoms with Crippen LogP contribution < -0.4 is 4.74 Å². The zero-order chi connectivity index (χ0) is 18.7. The molecule has 6 nitrogen and oxygen atoms in total. The molecule has 1 aromatic rings. The van der Waals surface area contributed by atoms with Gasteiger partial charge in [-0.2, -0.15) is 0 Å². The Bertz CT molecular complexity index is 776. The predicted molar refractivity (Wildman–Crippen MR) is 96.3 cm³/mol. The van der Waals surface area contributed by atoms with Crippen LogP contribution in [0.15, 0.2) is 23.7 Å². The zero-order valence-electron chi connectivity index (χ0n) is 15.8. The van der Waals surface area contributed by atoms with Crippen molar-refractivity contribution in [3.8, 4) is 11.5 Å². The Hall–Kier alpha value is -1.92. The third-order valence-corrected chi connectivity index (χ3v) is 6.87. The van der Waals surface area contributed by atoms with Gasteiger partial charge in [-0.1, -0.05) is 6.07 Å². The third kappa shape index (κ3) is 1.84. The molecule has 1 aromatic carbocycles. The molecule has 6 heteroatoms. The molecule has 1 heterocycles. The average Bonchev–Trinajstić information content (AvgIpc) is 2.93. The van der Waals surface area contributed by atoms with Crippen LogP contribution in [0.5, 0.6) is 11.5 Å². The lowest BCUT2D eigenvalue weighted by Gasteiger charge is -2.56. The Kier molecular flexibility index (Phi) is 3.90. The molecule has 142 valence electrons. The summed E-state index contributed by atoms with van der Waals surface area (Å²) < 4.78 is 16.8. The number of hydrogen-bond donors (Lipinski definition) is 2. The highest BCUT2D eigenvalue weighted by molar-refractivity contribution is 5.60. The quantitative estimate of drug-likeness (QED) is 0.857. The molecule has 1 aliphatic heterocycles. The normalized spacial score (nSPS) is 33.3. The second kappa shape index (κ2) is 5.79. The Balaban J connectivity index is 2.05. The van der Waals surface area contributed by atoms with Crippen molar-refractivity contribution in [2.45, 2.75) is 42.7 Å². The van der Waals surface area contributed by atoms with Gasteiger partial charge in [-0.05, 0) is 50.9 Å². The number of likely N-dealkylation sites (N-methyl/N-ethyl adjacent to an activating group) is 1. The maximum absolute atomic E-state index is 11.1. The lowest BCUT2D eigenvalue weighted by molar-refractivity contribution is -0.0220. The molecular formula is C20H27NO5. The summed E-state index contributed by atoms with van der Waals surface area (Å²) in [6, 6.07) is 3.86. The van der Waals surface area contributed by atoms with Crippen molar-refractivity contribution in [1.29, 1.82) is 0 Å². The number of phenols is 1. The Morgan fingerprint density at radius 1 is 1.12 bits per heavy atom. The van der Waals surface area contributed by atoms with Gasteiger partial charge in [0.25, 0.3) is 0 Å². The highest BCUT2D eigenvalue weighted by atomic mass is 16.5. The number of phenolic OH excluding ortho intramolecular Hbond substituents is 1. The molecule has 1 fully saturated rings. The lowest BCUT2D eigenvalue weighted by Crippen LogP contribution is -2.63. The van der Waals surface area contributed by atoms with Crippen LogP contribution in [0, 0.1) is 0 Å². The molecule has 2 N–H and O–H groups in total. The molecule has 0 unspecified atom stereocenters. The van der Waals surface area contributed by atoms with Gasteiger partial charge in [0.15, 0.2) is 23.0 Å². The SMILES string of the molecule is COC1=C(OC)[C@]23CCc4ccc(OC)c(O)c4[C@]2(CCN3C)C[C@@H]1O. The summed E-state index contributed by atoms with van der Waals surface area (Å²) in [6.45, 7) is 0.854. The number of aliphatic hydroxyl groups excluding tert-OH is 1. The summed E-state index contributed by atoms with van der Waals surface area (Å²) in [5.74, 6) is 1.85. The third-order valence-electron chi connectivity index (χ3n) is 6.87. The van der Waals surface area contributed by atoms with E-state index in [2.05, 4.69) is 11.9 Å². The molecule has 4 rings (SSSR count). The fraction of sp³-hybridized carbons (Fsp3) is 0.600. The van der Waals surface area contributed by atoms with Crippen LogP contribution >= 0.6 is 0 Å². The number of aliphatic hydroxyl groups is 1. The van der Waals surface area contributed by atoms with Gasteiger partial charge in [0.1, 0.15) is 6.10 Å². The van der Waals surface area contributed by atoms with E-state index in [1.807, 2.05) is 12.1 Å². The zero-order valence-corrected chi connectivity index (χ0v) is 15.8. The van der Waals surface area contributed by atoms with Crippen LogP contribution in [0.1, 0.15) is 30.4 Å². The van der Waals surface area contributed by atoms with Crippen molar-refractivity contribution in [1.82, 2.24) is 4.90 Å². The molecule has 0 amide bonds. The molecule has 0 bridgehead atoms. The number of nitrogens with zero attached hydrogens (tertiary/aromatic N) is 1. The highest BCUT2D eigenvalue weighted by Gasteiger charge is 2.68. The number of benzene rings is 1. The number of likely N-dealkylation sites (tertiary alicyclic amines) is 1. The first-order chi connectivity index (χ1) is 12.5. The summed E-state index contributed by atoms with van der Waals surface area (Å²) in [5.41, 5.74) is 1.14. The van der Waals surface area contributed by atoms with Crippen molar-refractivity contribution >= 4 is 0 Å². The minimum atomic E-state index is -0.772. The lowest BCUT2D eigenvalue weighted by atomic mass is 9.53. The van der Waals surface area contributed by atoms with E-state index in [4.69, 9.17) is 14.2 Å². The first-order valence-corrected chi connectivity index (χ1v) is 9.08. The van der Waals surface area contributed by atoms with E-state index < -0.39 is 17.1 Å². The highest BCUT2D eigenvalue weighted by Crippen LogP contribution is 2.64. The molecule has 3 atom stereocenters. The topological polar surface area (TPSA) is 71.4 Å². The van der Waals surface area contributed by atoms with Crippen molar-refractivity contribution in [2.24, 2.45) is 0 Å². The van der Waals surface area contributed by atoms with Gasteiger partial charge in [0, 0.05) is 11.0 Å². The number of hydrogen-bond acceptors (Lipinski definition) is 6. The molecule has 1 saturated heterocycles. The number of ether oxygens (including phenoxy) is 3. The molecule has 0 saturated carbocycles. The fourth-order valence-corrected chi connectivity index (χ4v) is 5.87. The summed E-state index contributed by atoms with van der Waals surface area (Å²) in [4.78, 5) is 2.30. The van der Waals surface area contributed by atoms with Gasteiger partial charge in [0.2, 0.25) is 0 Å². The standard InChI is InChI=1S/C20H27NO5/c1-21-10-9-19-11-13(22)17(25-3)18(26-4)20(19,21)8-7-12-5-6-14(24-2)16(23)15(12)19/h5-6,13,22-23H,7-11H2,1-4H3/t13-,19-,20+/m0/s1. The number of aromatic hydroxyl groups is 1. The maximum atomic E-state index is 11.1. The molecule has 26 heavy (non-hydrogen) atoms. The molecule has 0 radical (unpaired) electrons. The van der Waals surface area contributed by atoms with Crippen LogP contribution in [-0.4, -0.2) is 61.7 Å². The van der Waals surface area contributed by atoms with Gasteiger partial charge in [-0.3, -0.25) is 4.90 Å². The van der Waals surface area contributed by atoms with E-state index >= 15 is 0 Å². The summed E-state index contributed by atoms with van der Waals surface area (Å²) in [5, 5.41) is 21.9. The van der Waals surface area contributed by atoms with Gasteiger partial charge < -0.3 is 24.4 Å². The summed E-state index contributed by atoms with van der Waals surface area (Å²) in [6.07, 6.45) is 2.22. The first kappa shape index (κ1) is 17.5. The van der Waals surface area contributed by atoms with Gasteiger partial charge in [-0.25, -0.2) is 0 Å². The van der Waals surface area contributed by atoms with E-state index in [0.717, 1.165) is 36.9 Å². The molecule has 3 aliphatic rings. The molecular weight excluding hydrogens is 334 g/mol. The minimum absolute atomic E-state index is 0.188. The monoisotopic (exact) mass is 361 g/mol.